The molecule has 15 heteroatoms. The third-order valence-electron chi connectivity index (χ3n) is 4.79. The average molecular weight is 549 g/mol. The van der Waals surface area contributed by atoms with Gasteiger partial charge in [-0.1, -0.05) is 11.6 Å². The maximum absolute atomic E-state index is 13.0. The van der Waals surface area contributed by atoms with Crippen LogP contribution in [0.1, 0.15) is 16.1 Å². The summed E-state index contributed by atoms with van der Waals surface area (Å²) in [5.74, 6) is -0.902. The first-order valence-corrected chi connectivity index (χ1v) is 13.4. The van der Waals surface area contributed by atoms with Crippen LogP contribution in [0.5, 0.6) is 0 Å². The second-order valence-corrected chi connectivity index (χ2v) is 11.1. The zero-order valence-electron chi connectivity index (χ0n) is 18.3. The molecule has 0 unspecified atom stereocenters. The van der Waals surface area contributed by atoms with E-state index in [1.54, 1.807) is 0 Å². The SMILES string of the molecule is Cc1[nH]n(C(=O)c2ccc(Cl)cc2)c(=O)c1S(=O)(=O)Nc1ccc(S(=O)(=O)Nc2ncccn2)cc1. The smallest absolute Gasteiger partial charge is 0.291 e. The number of H-pyrrole nitrogens is 1. The third kappa shape index (κ3) is 5.15. The van der Waals surface area contributed by atoms with Crippen LogP contribution in [0.3, 0.4) is 0 Å². The Labute approximate surface area is 210 Å². The van der Waals surface area contributed by atoms with Gasteiger partial charge in [-0.2, -0.15) is 4.68 Å². The number of nitrogens with zero attached hydrogens (tertiary/aromatic N) is 3. The van der Waals surface area contributed by atoms with Crippen molar-refractivity contribution in [3.8, 4) is 0 Å². The standard InChI is InChI=1S/C21H17ClN6O6S2/c1-13-18(20(30)28(25-13)19(29)14-3-5-15(22)6-4-14)36(33,34)26-16-7-9-17(10-8-16)35(31,32)27-21-23-11-2-12-24-21/h2-12,25-26H,1H3,(H,23,24,27). The van der Waals surface area contributed by atoms with E-state index in [0.29, 0.717) is 9.70 Å². The fourth-order valence-electron chi connectivity index (χ4n) is 3.15. The van der Waals surface area contributed by atoms with E-state index in [1.165, 1.54) is 61.8 Å². The highest BCUT2D eigenvalue weighted by Gasteiger charge is 2.28. The van der Waals surface area contributed by atoms with E-state index in [1.807, 2.05) is 0 Å². The lowest BCUT2D eigenvalue weighted by Gasteiger charge is -2.09. The number of hydrogen-bond donors (Lipinski definition) is 3. The van der Waals surface area contributed by atoms with E-state index in [9.17, 15) is 26.4 Å². The first-order valence-electron chi connectivity index (χ1n) is 10.0. The number of hydrogen-bond acceptors (Lipinski definition) is 8. The molecule has 2 aromatic heterocycles. The zero-order chi connectivity index (χ0) is 26.1. The second-order valence-electron chi connectivity index (χ2n) is 7.33. The summed E-state index contributed by atoms with van der Waals surface area (Å²) in [5, 5.41) is 2.86. The molecule has 4 aromatic rings. The number of nitrogens with one attached hydrogen (secondary N) is 3. The Balaban J connectivity index is 1.57. The highest BCUT2D eigenvalue weighted by atomic mass is 35.5. The molecular weight excluding hydrogens is 532 g/mol. The van der Waals surface area contributed by atoms with Crippen LogP contribution in [0.2, 0.25) is 5.02 Å². The van der Waals surface area contributed by atoms with Crippen LogP contribution in [-0.4, -0.2) is 42.5 Å². The Morgan fingerprint density at radius 3 is 2.14 bits per heavy atom. The molecule has 186 valence electrons. The number of halogens is 1. The van der Waals surface area contributed by atoms with Gasteiger partial charge < -0.3 is 0 Å². The normalized spacial score (nSPS) is 11.7. The minimum Gasteiger partial charge on any atom is -0.291 e. The van der Waals surface area contributed by atoms with E-state index in [-0.39, 0.29) is 27.8 Å². The predicted octanol–water partition coefficient (Wildman–Crippen LogP) is 2.22. The molecule has 0 saturated heterocycles. The van der Waals surface area contributed by atoms with Crippen LogP contribution in [0.25, 0.3) is 0 Å². The predicted molar refractivity (Wildman–Crippen MR) is 131 cm³/mol. The quantitative estimate of drug-likeness (QED) is 0.315. The van der Waals surface area contributed by atoms with Crippen molar-refractivity contribution in [2.24, 2.45) is 0 Å². The molecule has 0 saturated carbocycles. The summed E-state index contributed by atoms with van der Waals surface area (Å²) in [4.78, 5) is 32.3. The maximum Gasteiger partial charge on any atom is 0.295 e. The number of aryl methyl sites for hydroxylation is 1. The van der Waals surface area contributed by atoms with E-state index in [4.69, 9.17) is 11.6 Å². The van der Waals surface area contributed by atoms with Gasteiger partial charge in [-0.15, -0.1) is 0 Å². The van der Waals surface area contributed by atoms with Gasteiger partial charge in [0.05, 0.1) is 10.6 Å². The topological polar surface area (TPSA) is 173 Å². The lowest BCUT2D eigenvalue weighted by molar-refractivity contribution is 0.0940. The summed E-state index contributed by atoms with van der Waals surface area (Å²) in [7, 11) is -8.48. The second kappa shape index (κ2) is 9.56. The van der Waals surface area contributed by atoms with Gasteiger partial charge in [0.1, 0.15) is 0 Å². The van der Waals surface area contributed by atoms with Crippen LogP contribution in [0.15, 0.2) is 81.6 Å². The van der Waals surface area contributed by atoms with Crippen molar-refractivity contribution in [2.45, 2.75) is 16.7 Å². The molecule has 0 radical (unpaired) electrons. The highest BCUT2D eigenvalue weighted by molar-refractivity contribution is 7.93. The average Bonchev–Trinajstić information content (AvgIpc) is 3.14. The number of rotatable bonds is 7. The molecule has 4 rings (SSSR count). The highest BCUT2D eigenvalue weighted by Crippen LogP contribution is 2.20. The molecule has 12 nitrogen and oxygen atoms in total. The van der Waals surface area contributed by atoms with Gasteiger partial charge in [-0.3, -0.25) is 19.4 Å². The number of carbonyl (C=O) groups excluding carboxylic acids is 1. The van der Waals surface area contributed by atoms with Crippen molar-refractivity contribution in [1.29, 1.82) is 0 Å². The van der Waals surface area contributed by atoms with Crippen molar-refractivity contribution in [3.63, 3.8) is 0 Å². The number of carbonyl (C=O) groups is 1. The lowest BCUT2D eigenvalue weighted by Crippen LogP contribution is -2.29. The molecule has 0 amide bonds. The molecule has 0 bridgehead atoms. The molecule has 0 aliphatic carbocycles. The zero-order valence-corrected chi connectivity index (χ0v) is 20.7. The summed E-state index contributed by atoms with van der Waals surface area (Å²) in [6.45, 7) is 1.33. The van der Waals surface area contributed by atoms with E-state index in [0.717, 1.165) is 12.1 Å². The van der Waals surface area contributed by atoms with Gasteiger partial charge in [-0.25, -0.2) is 31.5 Å². The van der Waals surface area contributed by atoms with Gasteiger partial charge in [0.15, 0.2) is 4.90 Å². The largest absolute Gasteiger partial charge is 0.295 e. The Kier molecular flexibility index (Phi) is 6.67. The van der Waals surface area contributed by atoms with Gasteiger partial charge >= 0.3 is 0 Å². The van der Waals surface area contributed by atoms with Crippen LogP contribution in [0, 0.1) is 6.92 Å². The minimum atomic E-state index is -4.45. The van der Waals surface area contributed by atoms with Gasteiger partial charge in [-0.05, 0) is 61.5 Å². The van der Waals surface area contributed by atoms with Gasteiger partial charge in [0.25, 0.3) is 31.5 Å². The summed E-state index contributed by atoms with van der Waals surface area (Å²) in [6, 6.07) is 12.0. The van der Waals surface area contributed by atoms with Crippen LogP contribution >= 0.6 is 11.6 Å². The van der Waals surface area contributed by atoms with Crippen molar-refractivity contribution in [2.75, 3.05) is 9.44 Å². The first-order chi connectivity index (χ1) is 17.0. The summed E-state index contributed by atoms with van der Waals surface area (Å²) < 4.78 is 55.9. The molecule has 0 fully saturated rings. The number of aromatic amines is 1. The molecule has 0 aliphatic heterocycles. The summed E-state index contributed by atoms with van der Waals surface area (Å²) in [5.41, 5.74) is -1.04. The number of anilines is 2. The van der Waals surface area contributed by atoms with Gasteiger partial charge in [0, 0.05) is 28.7 Å². The Morgan fingerprint density at radius 2 is 1.53 bits per heavy atom. The third-order valence-corrected chi connectivity index (χ3v) is 7.91. The molecule has 0 atom stereocenters. The fourth-order valence-corrected chi connectivity index (χ4v) is 5.55. The monoisotopic (exact) mass is 548 g/mol. The molecular formula is C21H17ClN6O6S2. The van der Waals surface area contributed by atoms with Crippen molar-refractivity contribution < 1.29 is 21.6 Å². The van der Waals surface area contributed by atoms with Crippen molar-refractivity contribution in [3.05, 3.63) is 93.6 Å². The van der Waals surface area contributed by atoms with Crippen molar-refractivity contribution in [1.82, 2.24) is 19.7 Å². The Hall–Kier alpha value is -4.01. The Morgan fingerprint density at radius 1 is 0.917 bits per heavy atom. The molecule has 3 N–H and O–H groups in total. The lowest BCUT2D eigenvalue weighted by atomic mass is 10.2. The number of sulfonamides is 2. The van der Waals surface area contributed by atoms with E-state index in [2.05, 4.69) is 24.5 Å². The first kappa shape index (κ1) is 25.1. The maximum atomic E-state index is 13.0. The van der Waals surface area contributed by atoms with Crippen LogP contribution in [-0.2, 0) is 20.0 Å². The Bertz CT molecular complexity index is 1700. The number of aromatic nitrogens is 4. The summed E-state index contributed by atoms with van der Waals surface area (Å²) >= 11 is 5.81. The van der Waals surface area contributed by atoms with Crippen molar-refractivity contribution >= 4 is 49.2 Å². The fraction of sp³-hybridized carbons (Fsp3) is 0.0476. The van der Waals surface area contributed by atoms with Crippen LogP contribution < -0.4 is 15.0 Å². The molecule has 2 heterocycles. The van der Waals surface area contributed by atoms with E-state index >= 15 is 0 Å². The van der Waals surface area contributed by atoms with E-state index < -0.39 is 36.4 Å². The molecule has 36 heavy (non-hydrogen) atoms. The minimum absolute atomic E-state index is 0.0134. The summed E-state index contributed by atoms with van der Waals surface area (Å²) in [6.07, 6.45) is 2.73. The molecule has 0 aliphatic rings. The molecule has 2 aromatic carbocycles. The molecule has 0 spiro atoms. The van der Waals surface area contributed by atoms with Crippen LogP contribution in [0.4, 0.5) is 11.6 Å². The number of benzene rings is 2. The van der Waals surface area contributed by atoms with Gasteiger partial charge in [0.2, 0.25) is 5.95 Å².